The van der Waals surface area contributed by atoms with Gasteiger partial charge in [-0.1, -0.05) is 12.8 Å². The van der Waals surface area contributed by atoms with Gasteiger partial charge in [0.05, 0.1) is 5.60 Å². The van der Waals surface area contributed by atoms with E-state index in [9.17, 15) is 5.11 Å². The second-order valence-corrected chi connectivity index (χ2v) is 6.28. The molecule has 5 nitrogen and oxygen atoms in total. The molecule has 2 saturated carbocycles. The summed E-state index contributed by atoms with van der Waals surface area (Å²) in [7, 11) is 3.89. The number of likely N-dealkylation sites (N-methyl/N-ethyl adjacent to an activating group) is 1. The quantitative estimate of drug-likeness (QED) is 0.862. The molecule has 1 aromatic heterocycles. The first-order chi connectivity index (χ1) is 9.59. The molecule has 2 aliphatic rings. The van der Waals surface area contributed by atoms with Gasteiger partial charge in [0.25, 0.3) is 0 Å². The zero-order valence-corrected chi connectivity index (χ0v) is 12.4. The molecule has 2 N–H and O–H groups in total. The zero-order chi connectivity index (χ0) is 14.2. The first kappa shape index (κ1) is 13.6. The van der Waals surface area contributed by atoms with Gasteiger partial charge in [0.15, 0.2) is 0 Å². The Morgan fingerprint density at radius 1 is 1.35 bits per heavy atom. The molecule has 0 bridgehead atoms. The number of hydrogen-bond donors (Lipinski definition) is 2. The van der Waals surface area contributed by atoms with Crippen LogP contribution in [0, 0.1) is 0 Å². The van der Waals surface area contributed by atoms with Crippen LogP contribution in [-0.2, 0) is 0 Å². The SMILES string of the molecule is CNc1cc(N(C)CC2(O)CCCC2)nc(C2CC2)n1. The lowest BCUT2D eigenvalue weighted by Crippen LogP contribution is -2.39. The first-order valence-corrected chi connectivity index (χ1v) is 7.60. The molecule has 0 aliphatic heterocycles. The van der Waals surface area contributed by atoms with Crippen molar-refractivity contribution in [1.82, 2.24) is 9.97 Å². The van der Waals surface area contributed by atoms with Crippen molar-refractivity contribution in [2.75, 3.05) is 30.9 Å². The number of rotatable bonds is 5. The van der Waals surface area contributed by atoms with Crippen molar-refractivity contribution in [3.8, 4) is 0 Å². The third-order valence-corrected chi connectivity index (χ3v) is 4.39. The fourth-order valence-electron chi connectivity index (χ4n) is 3.01. The van der Waals surface area contributed by atoms with E-state index in [0.717, 1.165) is 43.1 Å². The predicted octanol–water partition coefficient (Wildman–Crippen LogP) is 2.14. The first-order valence-electron chi connectivity index (χ1n) is 7.60. The van der Waals surface area contributed by atoms with Gasteiger partial charge in [0, 0.05) is 32.6 Å². The van der Waals surface area contributed by atoms with Gasteiger partial charge in [-0.25, -0.2) is 9.97 Å². The van der Waals surface area contributed by atoms with Gasteiger partial charge >= 0.3 is 0 Å². The lowest BCUT2D eigenvalue weighted by molar-refractivity contribution is 0.0558. The second-order valence-electron chi connectivity index (χ2n) is 6.28. The Balaban J connectivity index is 1.79. The summed E-state index contributed by atoms with van der Waals surface area (Å²) in [6.45, 7) is 0.650. The molecule has 1 aromatic rings. The van der Waals surface area contributed by atoms with E-state index < -0.39 is 5.60 Å². The minimum absolute atomic E-state index is 0.532. The molecule has 0 amide bonds. The Morgan fingerprint density at radius 3 is 2.65 bits per heavy atom. The van der Waals surface area contributed by atoms with Crippen molar-refractivity contribution in [3.63, 3.8) is 0 Å². The van der Waals surface area contributed by atoms with E-state index in [1.165, 1.54) is 12.8 Å². The van der Waals surface area contributed by atoms with Crippen molar-refractivity contribution >= 4 is 11.6 Å². The van der Waals surface area contributed by atoms with Crippen LogP contribution in [0.2, 0.25) is 0 Å². The molecular formula is C15H24N4O. The normalized spacial score (nSPS) is 20.9. The molecule has 2 fully saturated rings. The smallest absolute Gasteiger partial charge is 0.136 e. The predicted molar refractivity (Wildman–Crippen MR) is 80.2 cm³/mol. The van der Waals surface area contributed by atoms with Gasteiger partial charge in [0.1, 0.15) is 17.5 Å². The van der Waals surface area contributed by atoms with Crippen molar-refractivity contribution in [3.05, 3.63) is 11.9 Å². The molecule has 2 aliphatic carbocycles. The molecular weight excluding hydrogens is 252 g/mol. The standard InChI is InChI=1S/C15H24N4O/c1-16-12-9-13(18-14(17-12)11-5-6-11)19(2)10-15(20)7-3-4-8-15/h9,11,20H,3-8,10H2,1-2H3,(H,16,17,18). The highest BCUT2D eigenvalue weighted by Crippen LogP contribution is 2.39. The van der Waals surface area contributed by atoms with Gasteiger partial charge in [-0.15, -0.1) is 0 Å². The Kier molecular flexibility index (Phi) is 3.54. The van der Waals surface area contributed by atoms with Crippen molar-refractivity contribution < 1.29 is 5.11 Å². The van der Waals surface area contributed by atoms with Crippen LogP contribution < -0.4 is 10.2 Å². The van der Waals surface area contributed by atoms with Crippen LogP contribution in [0.5, 0.6) is 0 Å². The maximum atomic E-state index is 10.5. The topological polar surface area (TPSA) is 61.3 Å². The van der Waals surface area contributed by atoms with E-state index in [-0.39, 0.29) is 0 Å². The number of nitrogens with one attached hydrogen (secondary N) is 1. The molecule has 5 heteroatoms. The largest absolute Gasteiger partial charge is 0.388 e. The summed E-state index contributed by atoms with van der Waals surface area (Å²) in [6, 6.07) is 1.96. The van der Waals surface area contributed by atoms with Crippen LogP contribution in [0.1, 0.15) is 50.3 Å². The minimum Gasteiger partial charge on any atom is -0.388 e. The van der Waals surface area contributed by atoms with Crippen LogP contribution >= 0.6 is 0 Å². The van der Waals surface area contributed by atoms with Crippen molar-refractivity contribution in [2.24, 2.45) is 0 Å². The second kappa shape index (κ2) is 5.20. The van der Waals surface area contributed by atoms with Crippen LogP contribution in [0.4, 0.5) is 11.6 Å². The molecule has 1 heterocycles. The summed E-state index contributed by atoms with van der Waals surface area (Å²) in [5, 5.41) is 13.6. The summed E-state index contributed by atoms with van der Waals surface area (Å²) in [5.41, 5.74) is -0.542. The maximum Gasteiger partial charge on any atom is 0.136 e. The maximum absolute atomic E-state index is 10.5. The molecule has 0 saturated heterocycles. The minimum atomic E-state index is -0.542. The lowest BCUT2D eigenvalue weighted by atomic mass is 10.0. The van der Waals surface area contributed by atoms with E-state index in [1.54, 1.807) is 0 Å². The fourth-order valence-corrected chi connectivity index (χ4v) is 3.01. The van der Waals surface area contributed by atoms with E-state index in [1.807, 2.05) is 20.2 Å². The van der Waals surface area contributed by atoms with Crippen LogP contribution in [-0.4, -0.2) is 41.3 Å². The summed E-state index contributed by atoms with van der Waals surface area (Å²) in [6.07, 6.45) is 6.44. The number of nitrogens with zero attached hydrogens (tertiary/aromatic N) is 3. The van der Waals surface area contributed by atoms with E-state index in [4.69, 9.17) is 0 Å². The molecule has 0 spiro atoms. The number of hydrogen-bond acceptors (Lipinski definition) is 5. The highest BCUT2D eigenvalue weighted by molar-refractivity contribution is 5.49. The molecule has 0 radical (unpaired) electrons. The Morgan fingerprint density at radius 2 is 2.05 bits per heavy atom. The van der Waals surface area contributed by atoms with Crippen LogP contribution in [0.15, 0.2) is 6.07 Å². The molecule has 0 aromatic carbocycles. The van der Waals surface area contributed by atoms with Crippen molar-refractivity contribution in [2.45, 2.75) is 50.0 Å². The highest BCUT2D eigenvalue weighted by atomic mass is 16.3. The van der Waals surface area contributed by atoms with E-state index >= 15 is 0 Å². The van der Waals surface area contributed by atoms with Gasteiger partial charge in [-0.05, 0) is 25.7 Å². The van der Waals surface area contributed by atoms with Crippen LogP contribution in [0.3, 0.4) is 0 Å². The summed E-state index contributed by atoms with van der Waals surface area (Å²) in [4.78, 5) is 11.3. The molecule has 110 valence electrons. The Hall–Kier alpha value is -1.36. The average Bonchev–Trinajstić information content (AvgIpc) is 3.21. The zero-order valence-electron chi connectivity index (χ0n) is 12.4. The summed E-state index contributed by atoms with van der Waals surface area (Å²) in [5.74, 6) is 3.25. The Bertz CT molecular complexity index is 481. The van der Waals surface area contributed by atoms with Gasteiger partial charge in [-0.2, -0.15) is 0 Å². The Labute approximate surface area is 120 Å². The van der Waals surface area contributed by atoms with Crippen LogP contribution in [0.25, 0.3) is 0 Å². The third-order valence-electron chi connectivity index (χ3n) is 4.39. The highest BCUT2D eigenvalue weighted by Gasteiger charge is 2.33. The monoisotopic (exact) mass is 276 g/mol. The number of aromatic nitrogens is 2. The van der Waals surface area contributed by atoms with E-state index in [0.29, 0.717) is 12.5 Å². The molecule has 0 atom stereocenters. The third kappa shape index (κ3) is 2.87. The van der Waals surface area contributed by atoms with Crippen molar-refractivity contribution in [1.29, 1.82) is 0 Å². The van der Waals surface area contributed by atoms with Gasteiger partial charge in [-0.3, -0.25) is 0 Å². The van der Waals surface area contributed by atoms with Gasteiger partial charge < -0.3 is 15.3 Å². The lowest BCUT2D eigenvalue weighted by Gasteiger charge is -2.29. The van der Waals surface area contributed by atoms with E-state index in [2.05, 4.69) is 20.2 Å². The summed E-state index contributed by atoms with van der Waals surface area (Å²) < 4.78 is 0. The van der Waals surface area contributed by atoms with Gasteiger partial charge in [0.2, 0.25) is 0 Å². The molecule has 0 unspecified atom stereocenters. The molecule has 3 rings (SSSR count). The summed E-state index contributed by atoms with van der Waals surface area (Å²) >= 11 is 0. The molecule has 20 heavy (non-hydrogen) atoms. The average molecular weight is 276 g/mol. The fraction of sp³-hybridized carbons (Fsp3) is 0.733. The number of aliphatic hydroxyl groups is 1. The number of anilines is 2.